The first-order chi connectivity index (χ1) is 11.5. The summed E-state index contributed by atoms with van der Waals surface area (Å²) in [6.07, 6.45) is 2.49. The van der Waals surface area contributed by atoms with Crippen molar-refractivity contribution in [3.05, 3.63) is 59.6 Å². The fraction of sp³-hybridized carbons (Fsp3) is 0.0625. The maximum Gasteiger partial charge on any atom is 0.349 e. The van der Waals surface area contributed by atoms with E-state index in [0.29, 0.717) is 0 Å². The van der Waals surface area contributed by atoms with Gasteiger partial charge in [-0.2, -0.15) is 5.26 Å². The van der Waals surface area contributed by atoms with E-state index in [2.05, 4.69) is 4.74 Å². The lowest BCUT2D eigenvalue weighted by Gasteiger charge is -2.07. The molecule has 0 aliphatic heterocycles. The molecule has 1 N–H and O–H groups in total. The minimum Gasteiger partial charge on any atom is -0.465 e. The number of para-hydroxylation sites is 1. The molecule has 1 amide bonds. The lowest BCUT2D eigenvalue weighted by molar-refractivity contribution is -0.142. The van der Waals surface area contributed by atoms with Gasteiger partial charge in [-0.3, -0.25) is 4.79 Å². The van der Waals surface area contributed by atoms with Crippen molar-refractivity contribution in [2.75, 3.05) is 11.9 Å². The predicted molar refractivity (Wildman–Crippen MR) is 78.2 cm³/mol. The molecule has 0 bridgehead atoms. The first-order valence-corrected chi connectivity index (χ1v) is 6.57. The van der Waals surface area contributed by atoms with Crippen molar-refractivity contribution in [3.8, 4) is 6.07 Å². The van der Waals surface area contributed by atoms with Gasteiger partial charge in [0.1, 0.15) is 34.7 Å². The van der Waals surface area contributed by atoms with Gasteiger partial charge in [-0.25, -0.2) is 13.6 Å². The Bertz CT molecular complexity index is 803. The molecule has 2 rings (SSSR count). The average Bonchev–Trinajstić information content (AvgIpc) is 3.07. The molecule has 1 aromatic heterocycles. The van der Waals surface area contributed by atoms with E-state index in [0.717, 1.165) is 24.3 Å². The van der Waals surface area contributed by atoms with Crippen molar-refractivity contribution in [1.82, 2.24) is 0 Å². The first-order valence-electron chi connectivity index (χ1n) is 6.57. The third-order valence-electron chi connectivity index (χ3n) is 2.73. The molecule has 8 heteroatoms. The van der Waals surface area contributed by atoms with Gasteiger partial charge in [0.15, 0.2) is 6.61 Å². The van der Waals surface area contributed by atoms with Crippen LogP contribution in [0.1, 0.15) is 5.76 Å². The molecule has 0 aliphatic rings. The number of halogens is 2. The Morgan fingerprint density at radius 3 is 2.54 bits per heavy atom. The Morgan fingerprint density at radius 2 is 1.96 bits per heavy atom. The molecule has 2 aromatic rings. The van der Waals surface area contributed by atoms with E-state index >= 15 is 0 Å². The molecule has 0 fully saturated rings. The zero-order valence-corrected chi connectivity index (χ0v) is 12.1. The number of esters is 1. The molecular formula is C16H10F2N2O4. The predicted octanol–water partition coefficient (Wildman–Crippen LogP) is 2.65. The standard InChI is InChI=1S/C16H10F2N2O4/c17-12-4-1-5-13(18)15(12)20-14(21)9-24-16(22)10(8-19)7-11-3-2-6-23-11/h1-7H,9H2,(H,20,21)/b10-7+. The van der Waals surface area contributed by atoms with Crippen LogP contribution in [0.3, 0.4) is 0 Å². The number of hydrogen-bond donors (Lipinski definition) is 1. The molecule has 0 saturated heterocycles. The van der Waals surface area contributed by atoms with Crippen molar-refractivity contribution >= 4 is 23.6 Å². The largest absolute Gasteiger partial charge is 0.465 e. The lowest BCUT2D eigenvalue weighted by atomic mass is 10.2. The number of anilines is 1. The normalized spacial score (nSPS) is 10.8. The second-order valence-corrected chi connectivity index (χ2v) is 4.41. The van der Waals surface area contributed by atoms with Crippen LogP contribution in [0.2, 0.25) is 0 Å². The summed E-state index contributed by atoms with van der Waals surface area (Å²) in [5, 5.41) is 10.9. The lowest BCUT2D eigenvalue weighted by Crippen LogP contribution is -2.22. The summed E-state index contributed by atoms with van der Waals surface area (Å²) >= 11 is 0. The summed E-state index contributed by atoms with van der Waals surface area (Å²) in [5.74, 6) is -3.71. The topological polar surface area (TPSA) is 92.3 Å². The van der Waals surface area contributed by atoms with Crippen molar-refractivity contribution < 1.29 is 27.5 Å². The Balaban J connectivity index is 1.96. The molecule has 1 aromatic carbocycles. The van der Waals surface area contributed by atoms with Crippen LogP contribution in [0.4, 0.5) is 14.5 Å². The van der Waals surface area contributed by atoms with Gasteiger partial charge in [-0.15, -0.1) is 0 Å². The number of nitrogens with one attached hydrogen (secondary N) is 1. The molecule has 0 atom stereocenters. The summed E-state index contributed by atoms with van der Waals surface area (Å²) in [6, 6.07) is 7.74. The highest BCUT2D eigenvalue weighted by Crippen LogP contribution is 2.17. The molecule has 0 unspecified atom stereocenters. The van der Waals surface area contributed by atoms with Crippen LogP contribution in [-0.4, -0.2) is 18.5 Å². The van der Waals surface area contributed by atoms with E-state index < -0.39 is 41.4 Å². The zero-order valence-electron chi connectivity index (χ0n) is 12.1. The number of rotatable bonds is 5. The van der Waals surface area contributed by atoms with E-state index in [1.54, 1.807) is 12.1 Å². The molecule has 0 radical (unpaired) electrons. The van der Waals surface area contributed by atoms with Crippen LogP contribution in [-0.2, 0) is 14.3 Å². The van der Waals surface area contributed by atoms with Crippen LogP contribution >= 0.6 is 0 Å². The average molecular weight is 332 g/mol. The fourth-order valence-electron chi connectivity index (χ4n) is 1.65. The summed E-state index contributed by atoms with van der Waals surface area (Å²) < 4.78 is 36.3. The maximum absolute atomic E-state index is 13.4. The zero-order chi connectivity index (χ0) is 17.5. The van der Waals surface area contributed by atoms with E-state index in [1.807, 2.05) is 5.32 Å². The monoisotopic (exact) mass is 332 g/mol. The summed E-state index contributed by atoms with van der Waals surface area (Å²) in [4.78, 5) is 23.3. The van der Waals surface area contributed by atoms with Gasteiger partial charge in [-0.1, -0.05) is 6.07 Å². The molecule has 0 saturated carbocycles. The summed E-state index contributed by atoms with van der Waals surface area (Å²) in [6.45, 7) is -0.816. The molecule has 0 spiro atoms. The summed E-state index contributed by atoms with van der Waals surface area (Å²) in [5.41, 5.74) is -1.04. The third kappa shape index (κ3) is 4.27. The van der Waals surface area contributed by atoms with Crippen molar-refractivity contribution in [1.29, 1.82) is 5.26 Å². The van der Waals surface area contributed by atoms with E-state index in [-0.39, 0.29) is 5.76 Å². The number of nitrogens with zero attached hydrogens (tertiary/aromatic N) is 1. The smallest absolute Gasteiger partial charge is 0.349 e. The Labute approximate surface area is 134 Å². The number of carbonyl (C=O) groups is 2. The number of amides is 1. The molecule has 122 valence electrons. The SMILES string of the molecule is N#C/C(=C\c1ccco1)C(=O)OCC(=O)Nc1c(F)cccc1F. The second kappa shape index (κ2) is 7.69. The minimum atomic E-state index is -1.07. The van der Waals surface area contributed by atoms with Crippen LogP contribution < -0.4 is 5.32 Å². The van der Waals surface area contributed by atoms with E-state index in [4.69, 9.17) is 9.68 Å². The summed E-state index contributed by atoms with van der Waals surface area (Å²) in [7, 11) is 0. The quantitative estimate of drug-likeness (QED) is 0.516. The Morgan fingerprint density at radius 1 is 1.25 bits per heavy atom. The number of ether oxygens (including phenoxy) is 1. The van der Waals surface area contributed by atoms with Gasteiger partial charge >= 0.3 is 5.97 Å². The number of hydrogen-bond acceptors (Lipinski definition) is 5. The minimum absolute atomic E-state index is 0.251. The van der Waals surface area contributed by atoms with Crippen LogP contribution in [0.5, 0.6) is 0 Å². The van der Waals surface area contributed by atoms with Crippen LogP contribution in [0, 0.1) is 23.0 Å². The van der Waals surface area contributed by atoms with Gasteiger partial charge < -0.3 is 14.5 Å². The number of benzene rings is 1. The van der Waals surface area contributed by atoms with E-state index in [1.165, 1.54) is 12.3 Å². The molecule has 24 heavy (non-hydrogen) atoms. The van der Waals surface area contributed by atoms with Crippen molar-refractivity contribution in [2.24, 2.45) is 0 Å². The highest BCUT2D eigenvalue weighted by molar-refractivity contribution is 5.99. The number of carbonyl (C=O) groups excluding carboxylic acids is 2. The van der Waals surface area contributed by atoms with Gasteiger partial charge in [0.2, 0.25) is 0 Å². The maximum atomic E-state index is 13.4. The molecule has 6 nitrogen and oxygen atoms in total. The molecular weight excluding hydrogens is 322 g/mol. The van der Waals surface area contributed by atoms with Crippen molar-refractivity contribution in [3.63, 3.8) is 0 Å². The van der Waals surface area contributed by atoms with Gasteiger partial charge in [0.25, 0.3) is 5.91 Å². The van der Waals surface area contributed by atoms with Crippen LogP contribution in [0.15, 0.2) is 46.6 Å². The highest BCUT2D eigenvalue weighted by Gasteiger charge is 2.16. The Kier molecular flexibility index (Phi) is 5.41. The van der Waals surface area contributed by atoms with Crippen molar-refractivity contribution in [2.45, 2.75) is 0 Å². The van der Waals surface area contributed by atoms with E-state index in [9.17, 15) is 18.4 Å². The fourth-order valence-corrected chi connectivity index (χ4v) is 1.65. The first kappa shape index (κ1) is 16.9. The van der Waals surface area contributed by atoms with Crippen LogP contribution in [0.25, 0.3) is 6.08 Å². The highest BCUT2D eigenvalue weighted by atomic mass is 19.1. The second-order valence-electron chi connectivity index (χ2n) is 4.41. The number of furan rings is 1. The number of nitriles is 1. The molecule has 0 aliphatic carbocycles. The molecule has 1 heterocycles. The van der Waals surface area contributed by atoms with Gasteiger partial charge in [0, 0.05) is 6.08 Å². The van der Waals surface area contributed by atoms with Gasteiger partial charge in [0.05, 0.1) is 6.26 Å². The third-order valence-corrected chi connectivity index (χ3v) is 2.73. The Hall–Kier alpha value is -3.47. The van der Waals surface area contributed by atoms with Gasteiger partial charge in [-0.05, 0) is 24.3 Å².